The van der Waals surface area contributed by atoms with Gasteiger partial charge in [-0.25, -0.2) is 0 Å². The molecule has 3 N–H and O–H groups in total. The second kappa shape index (κ2) is 5.86. The molecule has 1 aliphatic carbocycles. The van der Waals surface area contributed by atoms with Crippen LogP contribution in [0.3, 0.4) is 0 Å². The fourth-order valence-electron chi connectivity index (χ4n) is 2.91. The number of aliphatic hydroxyl groups is 1. The quantitative estimate of drug-likeness (QED) is 0.737. The third-order valence-electron chi connectivity index (χ3n) is 4.35. The second-order valence-electron chi connectivity index (χ2n) is 5.22. The Kier molecular flexibility index (Phi) is 5.07. The van der Waals surface area contributed by atoms with Crippen molar-refractivity contribution in [3.05, 3.63) is 0 Å². The zero-order chi connectivity index (χ0) is 11.3. The van der Waals surface area contributed by atoms with Gasteiger partial charge in [-0.2, -0.15) is 0 Å². The van der Waals surface area contributed by atoms with Crippen LogP contribution in [-0.2, 0) is 0 Å². The average molecular weight is 213 g/mol. The molecule has 0 aromatic heterocycles. The summed E-state index contributed by atoms with van der Waals surface area (Å²) in [4.78, 5) is 0. The molecule has 15 heavy (non-hydrogen) atoms. The first kappa shape index (κ1) is 13.0. The molecule has 1 saturated carbocycles. The Labute approximate surface area is 94.2 Å². The Morgan fingerprint density at radius 3 is 2.33 bits per heavy atom. The molecule has 2 heteroatoms. The predicted molar refractivity (Wildman–Crippen MR) is 64.7 cm³/mol. The molecule has 0 aromatic rings. The lowest BCUT2D eigenvalue weighted by Gasteiger charge is -2.42. The van der Waals surface area contributed by atoms with E-state index in [-0.39, 0.29) is 11.5 Å². The highest BCUT2D eigenvalue weighted by Gasteiger charge is 2.39. The number of rotatable bonds is 5. The zero-order valence-electron chi connectivity index (χ0n) is 10.3. The van der Waals surface area contributed by atoms with E-state index in [2.05, 4.69) is 13.8 Å². The maximum Gasteiger partial charge on any atom is 0.0608 e. The van der Waals surface area contributed by atoms with Crippen molar-refractivity contribution in [2.45, 2.75) is 64.9 Å². The topological polar surface area (TPSA) is 46.2 Å². The number of hydrogen-bond donors (Lipinski definition) is 2. The van der Waals surface area contributed by atoms with E-state index in [1.807, 2.05) is 0 Å². The van der Waals surface area contributed by atoms with E-state index in [1.165, 1.54) is 19.3 Å². The molecule has 0 radical (unpaired) electrons. The summed E-state index contributed by atoms with van der Waals surface area (Å²) >= 11 is 0. The first-order chi connectivity index (χ1) is 7.18. The summed E-state index contributed by atoms with van der Waals surface area (Å²) in [5.41, 5.74) is 5.94. The van der Waals surface area contributed by atoms with Crippen molar-refractivity contribution in [3.63, 3.8) is 0 Å². The number of nitrogens with two attached hydrogens (primary N) is 1. The van der Waals surface area contributed by atoms with Crippen molar-refractivity contribution in [1.29, 1.82) is 0 Å². The van der Waals surface area contributed by atoms with Gasteiger partial charge in [0.05, 0.1) is 6.10 Å². The zero-order valence-corrected chi connectivity index (χ0v) is 10.3. The Hall–Kier alpha value is -0.0800. The maximum absolute atomic E-state index is 10.2. The van der Waals surface area contributed by atoms with Crippen molar-refractivity contribution in [3.8, 4) is 0 Å². The maximum atomic E-state index is 10.2. The number of aliphatic hydroxyl groups excluding tert-OH is 1. The third-order valence-corrected chi connectivity index (χ3v) is 4.35. The fraction of sp³-hybridized carbons (Fsp3) is 1.00. The van der Waals surface area contributed by atoms with Crippen LogP contribution >= 0.6 is 0 Å². The summed E-state index contributed by atoms with van der Waals surface area (Å²) < 4.78 is 0. The predicted octanol–water partition coefficient (Wildman–Crippen LogP) is 2.69. The van der Waals surface area contributed by atoms with E-state index < -0.39 is 0 Å². The van der Waals surface area contributed by atoms with Gasteiger partial charge in [0, 0.05) is 12.0 Å². The van der Waals surface area contributed by atoms with Crippen molar-refractivity contribution in [1.82, 2.24) is 0 Å². The van der Waals surface area contributed by atoms with Crippen LogP contribution in [0.4, 0.5) is 0 Å². The van der Waals surface area contributed by atoms with E-state index >= 15 is 0 Å². The Morgan fingerprint density at radius 2 is 1.93 bits per heavy atom. The van der Waals surface area contributed by atoms with Gasteiger partial charge in [0.1, 0.15) is 0 Å². The molecule has 0 aliphatic heterocycles. The van der Waals surface area contributed by atoms with Crippen LogP contribution in [0.15, 0.2) is 0 Å². The van der Waals surface area contributed by atoms with Crippen molar-refractivity contribution in [2.24, 2.45) is 17.1 Å². The molecule has 1 rings (SSSR count). The molecule has 1 atom stereocenters. The second-order valence-corrected chi connectivity index (χ2v) is 5.22. The van der Waals surface area contributed by atoms with Gasteiger partial charge in [0.2, 0.25) is 0 Å². The van der Waals surface area contributed by atoms with Crippen molar-refractivity contribution in [2.75, 3.05) is 6.54 Å². The summed E-state index contributed by atoms with van der Waals surface area (Å²) in [5, 5.41) is 10.2. The molecular formula is C13H27NO. The van der Waals surface area contributed by atoms with Gasteiger partial charge in [-0.15, -0.1) is 0 Å². The summed E-state index contributed by atoms with van der Waals surface area (Å²) in [6.45, 7) is 5.05. The first-order valence-corrected chi connectivity index (χ1v) is 6.56. The molecular weight excluding hydrogens is 186 g/mol. The molecule has 90 valence electrons. The Morgan fingerprint density at radius 1 is 1.33 bits per heavy atom. The van der Waals surface area contributed by atoms with Crippen LogP contribution in [0.5, 0.6) is 0 Å². The lowest BCUT2D eigenvalue weighted by molar-refractivity contribution is -0.0136. The van der Waals surface area contributed by atoms with Gasteiger partial charge in [-0.3, -0.25) is 0 Å². The minimum Gasteiger partial charge on any atom is -0.393 e. The molecule has 1 aliphatic rings. The van der Waals surface area contributed by atoms with Crippen LogP contribution in [-0.4, -0.2) is 17.8 Å². The van der Waals surface area contributed by atoms with Crippen LogP contribution in [0.25, 0.3) is 0 Å². The van der Waals surface area contributed by atoms with Gasteiger partial charge in [0.15, 0.2) is 0 Å². The summed E-state index contributed by atoms with van der Waals surface area (Å²) in [7, 11) is 0. The van der Waals surface area contributed by atoms with Gasteiger partial charge >= 0.3 is 0 Å². The molecule has 0 saturated heterocycles. The largest absolute Gasteiger partial charge is 0.393 e. The molecule has 1 fully saturated rings. The normalized spacial score (nSPS) is 34.0. The minimum absolute atomic E-state index is 0.0433. The molecule has 0 aromatic carbocycles. The fourth-order valence-corrected chi connectivity index (χ4v) is 2.91. The van der Waals surface area contributed by atoms with Gasteiger partial charge in [0.25, 0.3) is 0 Å². The SMILES string of the molecule is CCCC(O)C1(CN)CCC(CC)CC1. The molecule has 2 nitrogen and oxygen atoms in total. The van der Waals surface area contributed by atoms with E-state index in [9.17, 15) is 5.11 Å². The van der Waals surface area contributed by atoms with Crippen LogP contribution in [0.1, 0.15) is 58.8 Å². The molecule has 0 spiro atoms. The van der Waals surface area contributed by atoms with Gasteiger partial charge in [-0.05, 0) is 38.0 Å². The van der Waals surface area contributed by atoms with E-state index in [0.29, 0.717) is 6.54 Å². The van der Waals surface area contributed by atoms with Gasteiger partial charge in [-0.1, -0.05) is 26.7 Å². The van der Waals surface area contributed by atoms with Crippen LogP contribution < -0.4 is 5.73 Å². The molecule has 1 unspecified atom stereocenters. The van der Waals surface area contributed by atoms with Crippen molar-refractivity contribution < 1.29 is 5.11 Å². The van der Waals surface area contributed by atoms with Crippen LogP contribution in [0.2, 0.25) is 0 Å². The monoisotopic (exact) mass is 213 g/mol. The smallest absolute Gasteiger partial charge is 0.0608 e. The van der Waals surface area contributed by atoms with E-state index in [0.717, 1.165) is 31.6 Å². The first-order valence-electron chi connectivity index (χ1n) is 6.56. The highest BCUT2D eigenvalue weighted by molar-refractivity contribution is 4.91. The lowest BCUT2D eigenvalue weighted by atomic mass is 9.66. The lowest BCUT2D eigenvalue weighted by Crippen LogP contribution is -2.44. The highest BCUT2D eigenvalue weighted by atomic mass is 16.3. The Balaban J connectivity index is 2.55. The van der Waals surface area contributed by atoms with Crippen molar-refractivity contribution >= 4 is 0 Å². The van der Waals surface area contributed by atoms with E-state index in [1.54, 1.807) is 0 Å². The summed E-state index contributed by atoms with van der Waals surface area (Å²) in [5.74, 6) is 0.874. The summed E-state index contributed by atoms with van der Waals surface area (Å²) in [6, 6.07) is 0. The molecule has 0 amide bonds. The highest BCUT2D eigenvalue weighted by Crippen LogP contribution is 2.42. The van der Waals surface area contributed by atoms with Crippen LogP contribution in [0, 0.1) is 11.3 Å². The third kappa shape index (κ3) is 2.94. The molecule has 0 heterocycles. The summed E-state index contributed by atoms with van der Waals surface area (Å²) in [6.07, 6.45) is 7.85. The molecule has 0 bridgehead atoms. The van der Waals surface area contributed by atoms with Gasteiger partial charge < -0.3 is 10.8 Å². The average Bonchev–Trinajstić information content (AvgIpc) is 2.29. The Bertz CT molecular complexity index is 173. The van der Waals surface area contributed by atoms with E-state index in [4.69, 9.17) is 5.73 Å². The standard InChI is InChI=1S/C13H27NO/c1-3-5-12(15)13(10-14)8-6-11(4-2)7-9-13/h11-12,15H,3-10,14H2,1-2H3. The minimum atomic E-state index is -0.176. The number of hydrogen-bond acceptors (Lipinski definition) is 2.